The molecule has 1 atom stereocenters. The van der Waals surface area contributed by atoms with Crippen LogP contribution in [0.4, 0.5) is 4.39 Å². The van der Waals surface area contributed by atoms with Gasteiger partial charge in [0, 0.05) is 25.8 Å². The molecule has 4 rings (SSSR count). The summed E-state index contributed by atoms with van der Waals surface area (Å²) in [6.45, 7) is 2.69. The molecular formula is C22H25FN4O4S. The van der Waals surface area contributed by atoms with Gasteiger partial charge >= 0.3 is 0 Å². The highest BCUT2D eigenvalue weighted by atomic mass is 32.2. The van der Waals surface area contributed by atoms with Crippen molar-refractivity contribution in [3.63, 3.8) is 0 Å². The molecule has 0 bridgehead atoms. The number of methoxy groups -OCH3 is 1. The van der Waals surface area contributed by atoms with Crippen LogP contribution in [0.1, 0.15) is 34.9 Å². The van der Waals surface area contributed by atoms with Gasteiger partial charge in [-0.3, -0.25) is 4.79 Å². The predicted molar refractivity (Wildman–Crippen MR) is 119 cm³/mol. The molecule has 3 aromatic rings. The molecule has 170 valence electrons. The maximum atomic E-state index is 14.5. The van der Waals surface area contributed by atoms with Crippen LogP contribution >= 0.6 is 0 Å². The van der Waals surface area contributed by atoms with Gasteiger partial charge in [0.05, 0.1) is 39.9 Å². The van der Waals surface area contributed by atoms with Crippen LogP contribution in [0.5, 0.6) is 0 Å². The summed E-state index contributed by atoms with van der Waals surface area (Å²) in [4.78, 5) is 17.7. The molecule has 8 nitrogen and oxygen atoms in total. The lowest BCUT2D eigenvalue weighted by atomic mass is 10.0. The van der Waals surface area contributed by atoms with Crippen LogP contribution < -0.4 is 5.32 Å². The van der Waals surface area contributed by atoms with Gasteiger partial charge in [-0.1, -0.05) is 12.1 Å². The molecule has 3 heterocycles. The molecule has 0 saturated carbocycles. The zero-order valence-electron chi connectivity index (χ0n) is 18.0. The number of hydrogen-bond donors (Lipinski definition) is 1. The highest BCUT2D eigenvalue weighted by Crippen LogP contribution is 2.32. The number of pyridine rings is 1. The fourth-order valence-electron chi connectivity index (χ4n) is 4.04. The lowest BCUT2D eigenvalue weighted by Crippen LogP contribution is -2.25. The van der Waals surface area contributed by atoms with Crippen LogP contribution in [-0.2, 0) is 14.6 Å². The Hall–Kier alpha value is -2.85. The van der Waals surface area contributed by atoms with Crippen molar-refractivity contribution in [2.75, 3.05) is 31.8 Å². The highest BCUT2D eigenvalue weighted by Gasteiger charge is 2.32. The molecule has 32 heavy (non-hydrogen) atoms. The van der Waals surface area contributed by atoms with Gasteiger partial charge in [0.15, 0.2) is 15.5 Å². The van der Waals surface area contributed by atoms with E-state index in [0.29, 0.717) is 54.0 Å². The Morgan fingerprint density at radius 1 is 1.34 bits per heavy atom. The SMILES string of the molecule is COCCCNC(=O)c1cc(-c2ccccc2F)nc2c1c(C)nn2C1CCS(=O)(=O)C1. The summed E-state index contributed by atoms with van der Waals surface area (Å²) in [6, 6.07) is 7.39. The number of aromatic nitrogens is 3. The molecule has 1 fully saturated rings. The van der Waals surface area contributed by atoms with Crippen LogP contribution in [0.25, 0.3) is 22.3 Å². The number of aryl methyl sites for hydroxylation is 1. The van der Waals surface area contributed by atoms with Crippen molar-refractivity contribution in [1.29, 1.82) is 0 Å². The zero-order valence-corrected chi connectivity index (χ0v) is 18.8. The van der Waals surface area contributed by atoms with E-state index >= 15 is 0 Å². The van der Waals surface area contributed by atoms with Gasteiger partial charge in [-0.25, -0.2) is 22.5 Å². The second-order valence-corrected chi connectivity index (χ2v) is 10.2. The number of nitrogens with zero attached hydrogens (tertiary/aromatic N) is 3. The van der Waals surface area contributed by atoms with Crippen LogP contribution in [0.2, 0.25) is 0 Å². The first-order valence-electron chi connectivity index (χ1n) is 10.4. The second kappa shape index (κ2) is 8.95. The number of amides is 1. The number of benzene rings is 1. The summed E-state index contributed by atoms with van der Waals surface area (Å²) in [7, 11) is -1.56. The van der Waals surface area contributed by atoms with E-state index in [2.05, 4.69) is 15.4 Å². The van der Waals surface area contributed by atoms with E-state index in [0.717, 1.165) is 0 Å². The number of fused-ring (bicyclic) bond motifs is 1. The van der Waals surface area contributed by atoms with E-state index in [1.807, 2.05) is 0 Å². The lowest BCUT2D eigenvalue weighted by Gasteiger charge is -2.12. The van der Waals surface area contributed by atoms with Crippen LogP contribution in [0.3, 0.4) is 0 Å². The first-order chi connectivity index (χ1) is 15.3. The summed E-state index contributed by atoms with van der Waals surface area (Å²) in [6.07, 6.45) is 1.07. The molecule has 0 aliphatic carbocycles. The second-order valence-electron chi connectivity index (χ2n) is 7.92. The molecule has 1 N–H and O–H groups in total. The molecule has 1 aromatic carbocycles. The quantitative estimate of drug-likeness (QED) is 0.544. The van der Waals surface area contributed by atoms with E-state index in [1.54, 1.807) is 43.0 Å². The fourth-order valence-corrected chi connectivity index (χ4v) is 5.73. The number of ether oxygens (including phenoxy) is 1. The third-order valence-electron chi connectivity index (χ3n) is 5.60. The van der Waals surface area contributed by atoms with Gasteiger partial charge in [-0.05, 0) is 38.0 Å². The van der Waals surface area contributed by atoms with Crippen molar-refractivity contribution < 1.29 is 22.3 Å². The number of rotatable bonds is 7. The monoisotopic (exact) mass is 460 g/mol. The van der Waals surface area contributed by atoms with E-state index in [4.69, 9.17) is 4.74 Å². The number of hydrogen-bond acceptors (Lipinski definition) is 6. The normalized spacial score (nSPS) is 17.7. The van der Waals surface area contributed by atoms with Crippen molar-refractivity contribution in [3.05, 3.63) is 47.4 Å². The van der Waals surface area contributed by atoms with Gasteiger partial charge in [0.25, 0.3) is 5.91 Å². The summed E-state index contributed by atoms with van der Waals surface area (Å²) in [5.74, 6) is -0.740. The third kappa shape index (κ3) is 4.37. The summed E-state index contributed by atoms with van der Waals surface area (Å²) < 4.78 is 45.3. The molecule has 1 aliphatic heterocycles. The Labute approximate surface area is 185 Å². The third-order valence-corrected chi connectivity index (χ3v) is 7.35. The van der Waals surface area contributed by atoms with Gasteiger partial charge < -0.3 is 10.1 Å². The first kappa shape index (κ1) is 22.3. The van der Waals surface area contributed by atoms with Crippen molar-refractivity contribution >= 4 is 26.8 Å². The Morgan fingerprint density at radius 3 is 2.81 bits per heavy atom. The summed E-state index contributed by atoms with van der Waals surface area (Å²) in [5.41, 5.74) is 1.83. The zero-order chi connectivity index (χ0) is 22.9. The van der Waals surface area contributed by atoms with Gasteiger partial charge in [-0.2, -0.15) is 5.10 Å². The molecule has 1 unspecified atom stereocenters. The predicted octanol–water partition coefficient (Wildman–Crippen LogP) is 2.67. The van der Waals surface area contributed by atoms with Crippen molar-refractivity contribution in [1.82, 2.24) is 20.1 Å². The van der Waals surface area contributed by atoms with E-state index in [9.17, 15) is 17.6 Å². The van der Waals surface area contributed by atoms with Crippen LogP contribution in [0, 0.1) is 12.7 Å². The fraction of sp³-hybridized carbons (Fsp3) is 0.409. The minimum Gasteiger partial charge on any atom is -0.385 e. The number of halogens is 1. The van der Waals surface area contributed by atoms with Gasteiger partial charge in [-0.15, -0.1) is 0 Å². The van der Waals surface area contributed by atoms with E-state index in [-0.39, 0.29) is 29.0 Å². The van der Waals surface area contributed by atoms with Crippen LogP contribution in [-0.4, -0.2) is 60.9 Å². The standard InChI is InChI=1S/C22H25FN4O4S/c1-14-20-17(22(28)24-9-5-10-31-2)12-19(16-6-3-4-7-18(16)23)25-21(20)27(26-14)15-8-11-32(29,30)13-15/h3-4,6-7,12,15H,5,8-11,13H2,1-2H3,(H,24,28). The largest absolute Gasteiger partial charge is 0.385 e. The molecule has 1 amide bonds. The molecular weight excluding hydrogens is 435 g/mol. The average Bonchev–Trinajstić information content (AvgIpc) is 3.29. The van der Waals surface area contributed by atoms with Gasteiger partial charge in [0.1, 0.15) is 5.82 Å². The average molecular weight is 461 g/mol. The summed E-state index contributed by atoms with van der Waals surface area (Å²) >= 11 is 0. The van der Waals surface area contributed by atoms with Crippen molar-refractivity contribution in [3.8, 4) is 11.3 Å². The minimum atomic E-state index is -3.16. The number of carbonyl (C=O) groups excluding carboxylic acids is 1. The number of sulfone groups is 1. The molecule has 2 aromatic heterocycles. The van der Waals surface area contributed by atoms with E-state index in [1.165, 1.54) is 6.07 Å². The highest BCUT2D eigenvalue weighted by molar-refractivity contribution is 7.91. The number of nitrogens with one attached hydrogen (secondary N) is 1. The first-order valence-corrected chi connectivity index (χ1v) is 12.2. The maximum Gasteiger partial charge on any atom is 0.252 e. The minimum absolute atomic E-state index is 0.0344. The van der Waals surface area contributed by atoms with Crippen molar-refractivity contribution in [2.45, 2.75) is 25.8 Å². The number of carbonyl (C=O) groups is 1. The Bertz CT molecular complexity index is 1270. The van der Waals surface area contributed by atoms with Crippen LogP contribution in [0.15, 0.2) is 30.3 Å². The Balaban J connectivity index is 1.85. The molecule has 0 spiro atoms. The topological polar surface area (TPSA) is 103 Å². The smallest absolute Gasteiger partial charge is 0.252 e. The Morgan fingerprint density at radius 2 is 2.12 bits per heavy atom. The maximum absolute atomic E-state index is 14.5. The molecule has 10 heteroatoms. The van der Waals surface area contributed by atoms with Crippen molar-refractivity contribution in [2.24, 2.45) is 0 Å². The lowest BCUT2D eigenvalue weighted by molar-refractivity contribution is 0.0950. The van der Waals surface area contributed by atoms with E-state index < -0.39 is 15.7 Å². The van der Waals surface area contributed by atoms with Gasteiger partial charge in [0.2, 0.25) is 0 Å². The molecule has 1 aliphatic rings. The molecule has 1 saturated heterocycles. The Kier molecular flexibility index (Phi) is 6.25. The molecule has 0 radical (unpaired) electrons. The summed E-state index contributed by atoms with van der Waals surface area (Å²) in [5, 5.41) is 7.95.